The van der Waals surface area contributed by atoms with Gasteiger partial charge in [-0.3, -0.25) is 9.59 Å². The molecule has 0 heterocycles. The third kappa shape index (κ3) is 2.05. The van der Waals surface area contributed by atoms with Crippen LogP contribution in [0.2, 0.25) is 0 Å². The first kappa shape index (κ1) is 12.4. The van der Waals surface area contributed by atoms with Crippen molar-refractivity contribution in [3.63, 3.8) is 0 Å². The van der Waals surface area contributed by atoms with E-state index in [-0.39, 0.29) is 17.4 Å². The van der Waals surface area contributed by atoms with Crippen LogP contribution in [0.3, 0.4) is 0 Å². The zero-order chi connectivity index (χ0) is 12.8. The molecule has 96 valence electrons. The van der Waals surface area contributed by atoms with E-state index in [1.165, 1.54) is 0 Å². The van der Waals surface area contributed by atoms with Gasteiger partial charge in [0.25, 0.3) is 0 Å². The monoisotopic (exact) mass is 239 g/mol. The van der Waals surface area contributed by atoms with E-state index in [1.54, 1.807) is 0 Å². The summed E-state index contributed by atoms with van der Waals surface area (Å²) in [5.41, 5.74) is -0.510. The Kier molecular flexibility index (Phi) is 2.71. The van der Waals surface area contributed by atoms with E-state index >= 15 is 0 Å². The van der Waals surface area contributed by atoms with Gasteiger partial charge in [-0.15, -0.1) is 0 Å². The van der Waals surface area contributed by atoms with Crippen molar-refractivity contribution < 1.29 is 14.7 Å². The van der Waals surface area contributed by atoms with E-state index in [9.17, 15) is 9.59 Å². The second kappa shape index (κ2) is 3.72. The van der Waals surface area contributed by atoms with Gasteiger partial charge in [0.05, 0.1) is 11.8 Å². The number of hydrogen-bond donors (Lipinski definition) is 2. The Balaban J connectivity index is 2.00. The van der Waals surface area contributed by atoms with Gasteiger partial charge in [0.15, 0.2) is 0 Å². The summed E-state index contributed by atoms with van der Waals surface area (Å²) in [6.45, 7) is 5.77. The van der Waals surface area contributed by atoms with Gasteiger partial charge in [0.1, 0.15) is 0 Å². The van der Waals surface area contributed by atoms with Crippen molar-refractivity contribution in [1.82, 2.24) is 5.32 Å². The Hall–Kier alpha value is -1.06. The van der Waals surface area contributed by atoms with Gasteiger partial charge in [0, 0.05) is 5.54 Å². The molecular formula is C13H21NO3. The predicted octanol–water partition coefficient (Wildman–Crippen LogP) is 1.79. The molecule has 0 saturated heterocycles. The quantitative estimate of drug-likeness (QED) is 0.789. The number of amides is 1. The largest absolute Gasteiger partial charge is 0.481 e. The molecule has 0 aromatic heterocycles. The summed E-state index contributed by atoms with van der Waals surface area (Å²) >= 11 is 0. The first-order chi connectivity index (χ1) is 7.78. The number of rotatable bonds is 3. The average molecular weight is 239 g/mol. The van der Waals surface area contributed by atoms with Crippen molar-refractivity contribution in [2.45, 2.75) is 52.0 Å². The fraction of sp³-hybridized carbons (Fsp3) is 0.846. The van der Waals surface area contributed by atoms with Crippen LogP contribution in [0.1, 0.15) is 46.5 Å². The fourth-order valence-electron chi connectivity index (χ4n) is 3.24. The second-order valence-electron chi connectivity index (χ2n) is 6.37. The normalized spacial score (nSPS) is 33.1. The molecule has 0 spiro atoms. The van der Waals surface area contributed by atoms with E-state index in [0.29, 0.717) is 0 Å². The van der Waals surface area contributed by atoms with Gasteiger partial charge in [0.2, 0.25) is 5.91 Å². The average Bonchev–Trinajstić information content (AvgIpc) is 2.53. The highest BCUT2D eigenvalue weighted by Gasteiger charge is 2.66. The summed E-state index contributed by atoms with van der Waals surface area (Å²) < 4.78 is 0. The van der Waals surface area contributed by atoms with E-state index in [0.717, 1.165) is 25.7 Å². The molecule has 0 aromatic rings. The molecule has 2 aliphatic carbocycles. The molecule has 17 heavy (non-hydrogen) atoms. The molecular weight excluding hydrogens is 218 g/mol. The van der Waals surface area contributed by atoms with E-state index in [2.05, 4.69) is 12.2 Å². The molecule has 0 aromatic carbocycles. The van der Waals surface area contributed by atoms with Crippen LogP contribution < -0.4 is 5.32 Å². The lowest BCUT2D eigenvalue weighted by Gasteiger charge is -2.25. The SMILES string of the molecule is CC1(NC(=O)C2C(C(=O)O)C2(C)C)CCCC1. The molecule has 2 fully saturated rings. The van der Waals surface area contributed by atoms with Crippen LogP contribution in [0.5, 0.6) is 0 Å². The fourth-order valence-corrected chi connectivity index (χ4v) is 3.24. The first-order valence-electron chi connectivity index (χ1n) is 6.33. The lowest BCUT2D eigenvalue weighted by Crippen LogP contribution is -2.45. The smallest absolute Gasteiger partial charge is 0.307 e. The molecule has 0 aliphatic heterocycles. The molecule has 2 rings (SSSR count). The van der Waals surface area contributed by atoms with Crippen LogP contribution in [-0.4, -0.2) is 22.5 Å². The Morgan fingerprint density at radius 3 is 2.06 bits per heavy atom. The van der Waals surface area contributed by atoms with Gasteiger partial charge in [-0.1, -0.05) is 26.7 Å². The number of carbonyl (C=O) groups is 2. The highest BCUT2D eigenvalue weighted by molar-refractivity contribution is 5.92. The molecule has 4 nitrogen and oxygen atoms in total. The minimum absolute atomic E-state index is 0.0770. The lowest BCUT2D eigenvalue weighted by atomic mass is 10.00. The molecule has 0 bridgehead atoms. The Labute approximate surface area is 102 Å². The van der Waals surface area contributed by atoms with Crippen molar-refractivity contribution in [2.24, 2.45) is 17.3 Å². The maximum Gasteiger partial charge on any atom is 0.307 e. The van der Waals surface area contributed by atoms with Gasteiger partial charge in [-0.25, -0.2) is 0 Å². The highest BCUT2D eigenvalue weighted by Crippen LogP contribution is 2.58. The van der Waals surface area contributed by atoms with Crippen LogP contribution in [0.15, 0.2) is 0 Å². The van der Waals surface area contributed by atoms with Crippen LogP contribution in [0.25, 0.3) is 0 Å². The minimum atomic E-state index is -0.855. The number of hydrogen-bond acceptors (Lipinski definition) is 2. The van der Waals surface area contributed by atoms with Crippen LogP contribution in [0.4, 0.5) is 0 Å². The second-order valence-corrected chi connectivity index (χ2v) is 6.37. The summed E-state index contributed by atoms with van der Waals surface area (Å²) in [5, 5.41) is 12.1. The number of nitrogens with one attached hydrogen (secondary N) is 1. The Morgan fingerprint density at radius 1 is 1.12 bits per heavy atom. The summed E-state index contributed by atoms with van der Waals surface area (Å²) in [6, 6.07) is 0. The predicted molar refractivity (Wildman–Crippen MR) is 63.4 cm³/mol. The number of carboxylic acid groups (broad SMARTS) is 1. The van der Waals surface area contributed by atoms with Crippen molar-refractivity contribution in [1.29, 1.82) is 0 Å². The zero-order valence-electron chi connectivity index (χ0n) is 10.7. The third-order valence-electron chi connectivity index (χ3n) is 4.51. The zero-order valence-corrected chi connectivity index (χ0v) is 10.7. The Bertz CT molecular complexity index is 356. The van der Waals surface area contributed by atoms with E-state index in [4.69, 9.17) is 5.11 Å². The lowest BCUT2D eigenvalue weighted by molar-refractivity contribution is -0.140. The van der Waals surface area contributed by atoms with Gasteiger partial charge in [-0.05, 0) is 25.2 Å². The van der Waals surface area contributed by atoms with Gasteiger partial charge < -0.3 is 10.4 Å². The number of aliphatic carboxylic acids is 1. The van der Waals surface area contributed by atoms with Gasteiger partial charge in [-0.2, -0.15) is 0 Å². The Morgan fingerprint density at radius 2 is 1.65 bits per heavy atom. The molecule has 4 heteroatoms. The number of carboxylic acids is 1. The maximum atomic E-state index is 12.1. The van der Waals surface area contributed by atoms with Crippen LogP contribution in [-0.2, 0) is 9.59 Å². The summed E-state index contributed by atoms with van der Waals surface area (Å²) in [4.78, 5) is 23.2. The first-order valence-corrected chi connectivity index (χ1v) is 6.33. The highest BCUT2D eigenvalue weighted by atomic mass is 16.4. The van der Waals surface area contributed by atoms with E-state index in [1.807, 2.05) is 13.8 Å². The van der Waals surface area contributed by atoms with E-state index < -0.39 is 17.3 Å². The topological polar surface area (TPSA) is 66.4 Å². The molecule has 2 aliphatic rings. The molecule has 2 saturated carbocycles. The summed E-state index contributed by atoms with van der Waals surface area (Å²) in [5.74, 6) is -1.82. The van der Waals surface area contributed by atoms with Crippen LogP contribution >= 0.6 is 0 Å². The molecule has 2 unspecified atom stereocenters. The number of carbonyl (C=O) groups excluding carboxylic acids is 1. The third-order valence-corrected chi connectivity index (χ3v) is 4.51. The molecule has 1 amide bonds. The van der Waals surface area contributed by atoms with Crippen molar-refractivity contribution >= 4 is 11.9 Å². The van der Waals surface area contributed by atoms with Crippen LogP contribution in [0, 0.1) is 17.3 Å². The molecule has 2 N–H and O–H groups in total. The molecule has 0 radical (unpaired) electrons. The maximum absolute atomic E-state index is 12.1. The van der Waals surface area contributed by atoms with Crippen molar-refractivity contribution in [3.05, 3.63) is 0 Å². The minimum Gasteiger partial charge on any atom is -0.481 e. The van der Waals surface area contributed by atoms with Crippen molar-refractivity contribution in [3.8, 4) is 0 Å². The molecule has 2 atom stereocenters. The summed E-state index contributed by atoms with van der Waals surface area (Å²) in [6.07, 6.45) is 4.30. The standard InChI is InChI=1S/C13H21NO3/c1-12(2)8(9(12)11(16)17)10(15)14-13(3)6-4-5-7-13/h8-9H,4-7H2,1-3H3,(H,14,15)(H,16,17). The van der Waals surface area contributed by atoms with Gasteiger partial charge >= 0.3 is 5.97 Å². The summed E-state index contributed by atoms with van der Waals surface area (Å²) in [7, 11) is 0. The van der Waals surface area contributed by atoms with Crippen molar-refractivity contribution in [2.75, 3.05) is 0 Å².